The lowest BCUT2D eigenvalue weighted by Gasteiger charge is -2.07. The van der Waals surface area contributed by atoms with Crippen molar-refractivity contribution in [1.82, 2.24) is 0 Å². The van der Waals surface area contributed by atoms with E-state index in [-0.39, 0.29) is 5.56 Å². The van der Waals surface area contributed by atoms with Gasteiger partial charge in [0.2, 0.25) is 0 Å². The van der Waals surface area contributed by atoms with Crippen LogP contribution in [0.1, 0.15) is 11.1 Å². The van der Waals surface area contributed by atoms with Crippen molar-refractivity contribution in [2.45, 2.75) is 6.18 Å². The van der Waals surface area contributed by atoms with Gasteiger partial charge in [0.1, 0.15) is 5.82 Å². The van der Waals surface area contributed by atoms with E-state index in [1.54, 1.807) is 0 Å². The van der Waals surface area contributed by atoms with Crippen LogP contribution in [0.2, 0.25) is 0 Å². The molecule has 1 nitrogen and oxygen atoms in total. The van der Waals surface area contributed by atoms with Gasteiger partial charge in [0.15, 0.2) is 0 Å². The summed E-state index contributed by atoms with van der Waals surface area (Å²) in [5.74, 6) is -0.726. The summed E-state index contributed by atoms with van der Waals surface area (Å²) < 4.78 is 54.2. The molecule has 1 aromatic rings. The summed E-state index contributed by atoms with van der Waals surface area (Å²) in [5, 5.41) is 0. The van der Waals surface area contributed by atoms with Gasteiger partial charge >= 0.3 is 6.18 Å². The standard InChI is InChI=1S/C10H8F4O/c1-15-5-4-7-6-8(10(12,13)14)2-3-9(7)11/h2-6H,1H3. The lowest BCUT2D eigenvalue weighted by Crippen LogP contribution is -2.05. The predicted octanol–water partition coefficient (Wildman–Crippen LogP) is 3.46. The molecular weight excluding hydrogens is 212 g/mol. The molecule has 0 amide bonds. The molecule has 0 aliphatic carbocycles. The first kappa shape index (κ1) is 11.6. The van der Waals surface area contributed by atoms with Crippen LogP contribution in [0.4, 0.5) is 17.6 Å². The molecule has 5 heteroatoms. The summed E-state index contributed by atoms with van der Waals surface area (Å²) in [6.07, 6.45) is -2.23. The van der Waals surface area contributed by atoms with E-state index in [2.05, 4.69) is 4.74 Å². The Balaban J connectivity index is 3.11. The van der Waals surface area contributed by atoms with Crippen LogP contribution in [0, 0.1) is 5.82 Å². The van der Waals surface area contributed by atoms with Gasteiger partial charge in [-0.2, -0.15) is 13.2 Å². The molecule has 0 bridgehead atoms. The summed E-state index contributed by atoms with van der Waals surface area (Å²) >= 11 is 0. The van der Waals surface area contributed by atoms with Gasteiger partial charge < -0.3 is 4.74 Å². The number of halogens is 4. The largest absolute Gasteiger partial charge is 0.504 e. The van der Waals surface area contributed by atoms with Crippen LogP contribution in [0.3, 0.4) is 0 Å². The molecule has 15 heavy (non-hydrogen) atoms. The number of hydrogen-bond donors (Lipinski definition) is 0. The average Bonchev–Trinajstić information content (AvgIpc) is 2.15. The summed E-state index contributed by atoms with van der Waals surface area (Å²) in [6.45, 7) is 0. The van der Waals surface area contributed by atoms with Crippen LogP contribution in [-0.4, -0.2) is 7.11 Å². The number of hydrogen-bond acceptors (Lipinski definition) is 1. The molecule has 1 rings (SSSR count). The van der Waals surface area contributed by atoms with Gasteiger partial charge in [0, 0.05) is 5.56 Å². The van der Waals surface area contributed by atoms with Gasteiger partial charge in [-0.15, -0.1) is 0 Å². The number of methoxy groups -OCH3 is 1. The normalized spacial score (nSPS) is 12.1. The molecule has 0 radical (unpaired) electrons. The monoisotopic (exact) mass is 220 g/mol. The first-order chi connectivity index (χ1) is 6.95. The molecule has 0 saturated heterocycles. The van der Waals surface area contributed by atoms with Gasteiger partial charge in [0.05, 0.1) is 18.9 Å². The second-order valence-electron chi connectivity index (χ2n) is 2.77. The average molecular weight is 220 g/mol. The third kappa shape index (κ3) is 2.97. The summed E-state index contributed by atoms with van der Waals surface area (Å²) in [5.41, 5.74) is -1.05. The highest BCUT2D eigenvalue weighted by molar-refractivity contribution is 5.50. The van der Waals surface area contributed by atoms with Gasteiger partial charge in [-0.1, -0.05) is 0 Å². The zero-order chi connectivity index (χ0) is 11.5. The minimum Gasteiger partial charge on any atom is -0.504 e. The Morgan fingerprint density at radius 3 is 2.47 bits per heavy atom. The second-order valence-corrected chi connectivity index (χ2v) is 2.77. The fourth-order valence-electron chi connectivity index (χ4n) is 0.989. The maximum atomic E-state index is 13.0. The topological polar surface area (TPSA) is 9.23 Å². The minimum atomic E-state index is -4.47. The van der Waals surface area contributed by atoms with Gasteiger partial charge in [-0.05, 0) is 24.3 Å². The Hall–Kier alpha value is -1.52. The SMILES string of the molecule is COC=Cc1cc(C(F)(F)F)ccc1F. The lowest BCUT2D eigenvalue weighted by molar-refractivity contribution is -0.137. The number of ether oxygens (including phenoxy) is 1. The highest BCUT2D eigenvalue weighted by atomic mass is 19.4. The Morgan fingerprint density at radius 1 is 1.27 bits per heavy atom. The van der Waals surface area contributed by atoms with Crippen molar-refractivity contribution in [3.05, 3.63) is 41.4 Å². The zero-order valence-corrected chi connectivity index (χ0v) is 7.81. The van der Waals surface area contributed by atoms with Crippen LogP contribution >= 0.6 is 0 Å². The van der Waals surface area contributed by atoms with Gasteiger partial charge in [0.25, 0.3) is 0 Å². The molecular formula is C10H8F4O. The van der Waals surface area contributed by atoms with Crippen molar-refractivity contribution in [2.24, 2.45) is 0 Å². The zero-order valence-electron chi connectivity index (χ0n) is 7.81. The minimum absolute atomic E-state index is 0.160. The molecule has 0 spiro atoms. The first-order valence-corrected chi connectivity index (χ1v) is 4.01. The van der Waals surface area contributed by atoms with Crippen LogP contribution in [0.25, 0.3) is 6.08 Å². The first-order valence-electron chi connectivity index (χ1n) is 4.01. The fourth-order valence-corrected chi connectivity index (χ4v) is 0.989. The van der Waals surface area contributed by atoms with Crippen LogP contribution in [0.15, 0.2) is 24.5 Å². The smallest absolute Gasteiger partial charge is 0.416 e. The van der Waals surface area contributed by atoms with E-state index >= 15 is 0 Å². The molecule has 0 unspecified atom stereocenters. The molecule has 1 aromatic carbocycles. The van der Waals surface area contributed by atoms with Crippen LogP contribution in [-0.2, 0) is 10.9 Å². The molecule has 0 aromatic heterocycles. The molecule has 0 saturated carbocycles. The number of benzene rings is 1. The molecule has 0 N–H and O–H groups in total. The van der Waals surface area contributed by atoms with Gasteiger partial charge in [-0.25, -0.2) is 4.39 Å². The van der Waals surface area contributed by atoms with Crippen molar-refractivity contribution in [3.63, 3.8) is 0 Å². The molecule has 0 fully saturated rings. The van der Waals surface area contributed by atoms with Gasteiger partial charge in [-0.3, -0.25) is 0 Å². The van der Waals surface area contributed by atoms with Crippen molar-refractivity contribution >= 4 is 6.08 Å². The van der Waals surface area contributed by atoms with E-state index in [9.17, 15) is 17.6 Å². The maximum Gasteiger partial charge on any atom is 0.416 e. The Morgan fingerprint density at radius 2 is 1.93 bits per heavy atom. The van der Waals surface area contributed by atoms with Crippen molar-refractivity contribution < 1.29 is 22.3 Å². The summed E-state index contributed by atoms with van der Waals surface area (Å²) in [7, 11) is 1.32. The predicted molar refractivity (Wildman–Crippen MR) is 47.4 cm³/mol. The second kappa shape index (κ2) is 4.33. The molecule has 0 aliphatic heterocycles. The number of alkyl halides is 3. The maximum absolute atomic E-state index is 13.0. The van der Waals surface area contributed by atoms with Crippen molar-refractivity contribution in [1.29, 1.82) is 0 Å². The summed E-state index contributed by atoms with van der Waals surface area (Å²) in [6, 6.07) is 2.20. The van der Waals surface area contributed by atoms with Crippen LogP contribution < -0.4 is 0 Å². The Kier molecular flexibility index (Phi) is 3.34. The lowest BCUT2D eigenvalue weighted by atomic mass is 10.1. The third-order valence-electron chi connectivity index (χ3n) is 1.71. The van der Waals surface area contributed by atoms with E-state index < -0.39 is 17.6 Å². The van der Waals surface area contributed by atoms with Crippen molar-refractivity contribution in [2.75, 3.05) is 7.11 Å². The van der Waals surface area contributed by atoms with Crippen LogP contribution in [0.5, 0.6) is 0 Å². The van der Waals surface area contributed by atoms with E-state index in [0.29, 0.717) is 6.07 Å². The Labute approximate surface area is 84.0 Å². The van der Waals surface area contributed by atoms with E-state index in [1.807, 2.05) is 0 Å². The van der Waals surface area contributed by atoms with E-state index in [1.165, 1.54) is 7.11 Å². The molecule has 0 aliphatic rings. The quantitative estimate of drug-likeness (QED) is 0.547. The third-order valence-corrected chi connectivity index (χ3v) is 1.71. The fraction of sp³-hybridized carbons (Fsp3) is 0.200. The van der Waals surface area contributed by atoms with Crippen molar-refractivity contribution in [3.8, 4) is 0 Å². The molecule has 0 heterocycles. The van der Waals surface area contributed by atoms with E-state index in [4.69, 9.17) is 0 Å². The highest BCUT2D eigenvalue weighted by Crippen LogP contribution is 2.30. The van der Waals surface area contributed by atoms with E-state index in [0.717, 1.165) is 24.5 Å². The number of rotatable bonds is 2. The Bertz CT molecular complexity index is 368. The molecule has 82 valence electrons. The summed E-state index contributed by atoms with van der Waals surface area (Å²) in [4.78, 5) is 0. The highest BCUT2D eigenvalue weighted by Gasteiger charge is 2.30. The molecule has 0 atom stereocenters.